The largest absolute Gasteiger partial charge is 0.416 e. The Balaban J connectivity index is 1.44. The van der Waals surface area contributed by atoms with Crippen LogP contribution in [0.25, 0.3) is 22.0 Å². The Kier molecular flexibility index (Phi) is 7.02. The molecule has 0 spiro atoms. The lowest BCUT2D eigenvalue weighted by Crippen LogP contribution is -2.19. The molecule has 0 saturated carbocycles. The Bertz CT molecular complexity index is 1320. The van der Waals surface area contributed by atoms with Crippen molar-refractivity contribution in [3.05, 3.63) is 72.7 Å². The van der Waals surface area contributed by atoms with Crippen molar-refractivity contribution in [3.63, 3.8) is 0 Å². The summed E-state index contributed by atoms with van der Waals surface area (Å²) in [5.74, 6) is 0. The highest BCUT2D eigenvalue weighted by molar-refractivity contribution is 6.00. The number of nitrogens with zero attached hydrogens (tertiary/aromatic N) is 4. The van der Waals surface area contributed by atoms with Crippen molar-refractivity contribution < 1.29 is 18.0 Å². The van der Waals surface area contributed by atoms with Gasteiger partial charge in [0, 0.05) is 35.1 Å². The monoisotopic (exact) mass is 482 g/mol. The number of hydrogen-bond donors (Lipinski definition) is 2. The van der Waals surface area contributed by atoms with Gasteiger partial charge < -0.3 is 15.5 Å². The molecular weight excluding hydrogens is 457 g/mol. The molecule has 2 heterocycles. The number of hydrogen-bond acceptors (Lipinski definition) is 4. The molecule has 0 unspecified atom stereocenters. The summed E-state index contributed by atoms with van der Waals surface area (Å²) in [6.07, 6.45) is 1.89. The lowest BCUT2D eigenvalue weighted by Gasteiger charge is -2.11. The normalized spacial score (nSPS) is 11.7. The van der Waals surface area contributed by atoms with Crippen LogP contribution in [-0.2, 0) is 12.7 Å². The number of halogens is 3. The molecule has 2 amide bonds. The van der Waals surface area contributed by atoms with Crippen LogP contribution >= 0.6 is 0 Å². The molecule has 0 atom stereocenters. The van der Waals surface area contributed by atoms with Crippen LogP contribution in [0, 0.1) is 0 Å². The lowest BCUT2D eigenvalue weighted by molar-refractivity contribution is -0.137. The fourth-order valence-corrected chi connectivity index (χ4v) is 3.74. The van der Waals surface area contributed by atoms with E-state index in [1.807, 2.05) is 37.1 Å². The molecule has 4 rings (SSSR count). The second-order valence-corrected chi connectivity index (χ2v) is 8.38. The molecule has 182 valence electrons. The van der Waals surface area contributed by atoms with Crippen molar-refractivity contribution in [2.45, 2.75) is 19.1 Å². The number of carbonyl (C=O) groups is 1. The average molecular weight is 483 g/mol. The molecule has 0 saturated heterocycles. The zero-order valence-corrected chi connectivity index (χ0v) is 19.3. The van der Waals surface area contributed by atoms with Crippen LogP contribution in [0.5, 0.6) is 0 Å². The first-order valence-electron chi connectivity index (χ1n) is 11.0. The minimum Gasteiger partial charge on any atom is -0.309 e. The van der Waals surface area contributed by atoms with E-state index in [0.717, 1.165) is 53.7 Å². The zero-order chi connectivity index (χ0) is 25.0. The van der Waals surface area contributed by atoms with Gasteiger partial charge in [-0.05, 0) is 63.0 Å². The number of urea groups is 1. The Labute approximate surface area is 200 Å². The van der Waals surface area contributed by atoms with Gasteiger partial charge >= 0.3 is 12.2 Å². The number of pyridine rings is 1. The van der Waals surface area contributed by atoms with Gasteiger partial charge in [0.05, 0.1) is 23.5 Å². The second-order valence-electron chi connectivity index (χ2n) is 8.38. The number of carbonyl (C=O) groups excluding carboxylic acids is 1. The van der Waals surface area contributed by atoms with Gasteiger partial charge in [0.15, 0.2) is 0 Å². The number of benzene rings is 2. The van der Waals surface area contributed by atoms with E-state index in [1.54, 1.807) is 24.5 Å². The first kappa shape index (κ1) is 24.2. The third-order valence-corrected chi connectivity index (χ3v) is 5.45. The fourth-order valence-electron chi connectivity index (χ4n) is 3.74. The standard InChI is InChI=1S/C25H25F3N6O/c1-33(2)11-4-12-34-23-16-29-14-21(22(23)15-30-34)17-7-9-19(10-8-17)31-24(35)32-20-6-3-5-18(13-20)25(26,27)28/h3,5-10,13-16H,4,11-12H2,1-2H3,(H2,31,32,35). The van der Waals surface area contributed by atoms with E-state index in [0.29, 0.717) is 5.69 Å². The maximum Gasteiger partial charge on any atom is 0.416 e. The third kappa shape index (κ3) is 5.96. The van der Waals surface area contributed by atoms with Crippen molar-refractivity contribution in [2.75, 3.05) is 31.3 Å². The highest BCUT2D eigenvalue weighted by atomic mass is 19.4. The predicted molar refractivity (Wildman–Crippen MR) is 130 cm³/mol. The van der Waals surface area contributed by atoms with Gasteiger partial charge in [-0.15, -0.1) is 0 Å². The molecule has 0 fully saturated rings. The van der Waals surface area contributed by atoms with Gasteiger partial charge in [-0.3, -0.25) is 9.67 Å². The molecule has 2 aromatic heterocycles. The van der Waals surface area contributed by atoms with Gasteiger partial charge in [-0.1, -0.05) is 18.2 Å². The fraction of sp³-hybridized carbons (Fsp3) is 0.240. The molecule has 0 aliphatic heterocycles. The van der Waals surface area contributed by atoms with Crippen LogP contribution in [0.2, 0.25) is 0 Å². The van der Waals surface area contributed by atoms with E-state index in [9.17, 15) is 18.0 Å². The highest BCUT2D eigenvalue weighted by Gasteiger charge is 2.30. The van der Waals surface area contributed by atoms with Crippen LogP contribution in [0.4, 0.5) is 29.3 Å². The Morgan fingerprint density at radius 1 is 1.00 bits per heavy atom. The third-order valence-electron chi connectivity index (χ3n) is 5.45. The molecule has 2 N–H and O–H groups in total. The first-order valence-corrected chi connectivity index (χ1v) is 11.0. The molecule has 4 aromatic rings. The van der Waals surface area contributed by atoms with Crippen molar-refractivity contribution in [1.82, 2.24) is 19.7 Å². The van der Waals surface area contributed by atoms with Gasteiger partial charge in [-0.25, -0.2) is 4.79 Å². The van der Waals surface area contributed by atoms with Gasteiger partial charge in [-0.2, -0.15) is 18.3 Å². The average Bonchev–Trinajstić information content (AvgIpc) is 3.22. The first-order chi connectivity index (χ1) is 16.7. The molecule has 10 heteroatoms. The van der Waals surface area contributed by atoms with Crippen molar-refractivity contribution in [1.29, 1.82) is 0 Å². The zero-order valence-electron chi connectivity index (χ0n) is 19.3. The van der Waals surface area contributed by atoms with Crippen molar-refractivity contribution >= 4 is 28.3 Å². The summed E-state index contributed by atoms with van der Waals surface area (Å²) >= 11 is 0. The number of amides is 2. The summed E-state index contributed by atoms with van der Waals surface area (Å²) in [5.41, 5.74) is 2.49. The van der Waals surface area contributed by atoms with E-state index in [1.165, 1.54) is 12.1 Å². The number of aromatic nitrogens is 3. The molecule has 2 aromatic carbocycles. The molecule has 0 radical (unpaired) electrons. The summed E-state index contributed by atoms with van der Waals surface area (Å²) in [6.45, 7) is 1.75. The minimum absolute atomic E-state index is 0.0503. The van der Waals surface area contributed by atoms with Crippen LogP contribution < -0.4 is 10.6 Å². The van der Waals surface area contributed by atoms with E-state index >= 15 is 0 Å². The summed E-state index contributed by atoms with van der Waals surface area (Å²) in [5, 5.41) is 10.6. The van der Waals surface area contributed by atoms with E-state index in [-0.39, 0.29) is 5.69 Å². The maximum atomic E-state index is 12.9. The van der Waals surface area contributed by atoms with Crippen LogP contribution in [0.15, 0.2) is 67.1 Å². The van der Waals surface area contributed by atoms with E-state index < -0.39 is 17.8 Å². The summed E-state index contributed by atoms with van der Waals surface area (Å²) in [7, 11) is 4.07. The van der Waals surface area contributed by atoms with Crippen molar-refractivity contribution in [2.24, 2.45) is 0 Å². The van der Waals surface area contributed by atoms with Gasteiger partial charge in [0.1, 0.15) is 0 Å². The number of alkyl halides is 3. The number of fused-ring (bicyclic) bond motifs is 1. The molecule has 0 bridgehead atoms. The smallest absolute Gasteiger partial charge is 0.309 e. The molecule has 0 aliphatic rings. The molecule has 35 heavy (non-hydrogen) atoms. The summed E-state index contributed by atoms with van der Waals surface area (Å²) in [4.78, 5) is 18.8. The van der Waals surface area contributed by atoms with Crippen LogP contribution in [0.1, 0.15) is 12.0 Å². The van der Waals surface area contributed by atoms with Crippen molar-refractivity contribution in [3.8, 4) is 11.1 Å². The Morgan fingerprint density at radius 2 is 1.74 bits per heavy atom. The Morgan fingerprint density at radius 3 is 2.46 bits per heavy atom. The number of rotatable bonds is 7. The lowest BCUT2D eigenvalue weighted by atomic mass is 10.0. The van der Waals surface area contributed by atoms with Gasteiger partial charge in [0.25, 0.3) is 0 Å². The van der Waals surface area contributed by atoms with Crippen LogP contribution in [0.3, 0.4) is 0 Å². The number of nitrogens with one attached hydrogen (secondary N) is 2. The minimum atomic E-state index is -4.48. The van der Waals surface area contributed by atoms with Crippen LogP contribution in [-0.4, -0.2) is 46.3 Å². The molecule has 7 nitrogen and oxygen atoms in total. The van der Waals surface area contributed by atoms with E-state index in [2.05, 4.69) is 25.6 Å². The predicted octanol–water partition coefficient (Wildman–Crippen LogP) is 5.71. The van der Waals surface area contributed by atoms with Gasteiger partial charge in [0.2, 0.25) is 0 Å². The number of aryl methyl sites for hydroxylation is 1. The topological polar surface area (TPSA) is 75.1 Å². The quantitative estimate of drug-likeness (QED) is 0.354. The summed E-state index contributed by atoms with van der Waals surface area (Å²) in [6, 6.07) is 11.0. The maximum absolute atomic E-state index is 12.9. The highest BCUT2D eigenvalue weighted by Crippen LogP contribution is 2.31. The molecule has 0 aliphatic carbocycles. The molecular formula is C25H25F3N6O. The SMILES string of the molecule is CN(C)CCCn1ncc2c(-c3ccc(NC(=O)Nc4cccc(C(F)(F)F)c4)cc3)cncc21. The second kappa shape index (κ2) is 10.1. The number of anilines is 2. The Hall–Kier alpha value is -3.92. The summed E-state index contributed by atoms with van der Waals surface area (Å²) < 4.78 is 40.6. The van der Waals surface area contributed by atoms with E-state index in [4.69, 9.17) is 0 Å².